The zero-order chi connectivity index (χ0) is 26.8. The van der Waals surface area contributed by atoms with Crippen LogP contribution in [0.4, 0.5) is 5.69 Å². The van der Waals surface area contributed by atoms with Crippen molar-refractivity contribution in [2.24, 2.45) is 0 Å². The van der Waals surface area contributed by atoms with Gasteiger partial charge in [0.1, 0.15) is 5.75 Å². The molecular formula is C30H31N5O2S. The van der Waals surface area contributed by atoms with E-state index in [1.807, 2.05) is 81.4 Å². The van der Waals surface area contributed by atoms with Gasteiger partial charge in [-0.3, -0.25) is 9.78 Å². The Hall–Kier alpha value is -4.17. The highest BCUT2D eigenvalue weighted by Gasteiger charge is 2.41. The number of hydrogen-bond donors (Lipinski definition) is 3. The smallest absolute Gasteiger partial charge is 0.226 e. The van der Waals surface area contributed by atoms with Crippen molar-refractivity contribution >= 4 is 28.9 Å². The molecule has 3 N–H and O–H groups in total. The molecule has 1 aliphatic rings. The van der Waals surface area contributed by atoms with Crippen LogP contribution in [0.15, 0.2) is 79.0 Å². The highest BCUT2D eigenvalue weighted by atomic mass is 32.1. The third-order valence-corrected chi connectivity index (χ3v) is 7.34. The molecular weight excluding hydrogens is 494 g/mol. The molecule has 8 heteroatoms. The van der Waals surface area contributed by atoms with Gasteiger partial charge in [0.2, 0.25) is 5.91 Å². The number of rotatable bonds is 7. The van der Waals surface area contributed by atoms with E-state index in [1.54, 1.807) is 12.3 Å². The van der Waals surface area contributed by atoms with Gasteiger partial charge in [-0.25, -0.2) is 0 Å². The maximum absolute atomic E-state index is 12.9. The summed E-state index contributed by atoms with van der Waals surface area (Å²) in [6, 6.07) is 22.7. The second-order valence-electron chi connectivity index (χ2n) is 9.64. The van der Waals surface area contributed by atoms with Crippen molar-refractivity contribution in [2.45, 2.75) is 39.3 Å². The van der Waals surface area contributed by atoms with Gasteiger partial charge >= 0.3 is 0 Å². The van der Waals surface area contributed by atoms with Crippen LogP contribution < -0.4 is 10.6 Å². The number of amides is 1. The molecule has 0 spiro atoms. The fourth-order valence-corrected chi connectivity index (χ4v) is 5.60. The van der Waals surface area contributed by atoms with Gasteiger partial charge in [0.05, 0.1) is 23.5 Å². The van der Waals surface area contributed by atoms with Gasteiger partial charge < -0.3 is 25.2 Å². The summed E-state index contributed by atoms with van der Waals surface area (Å²) in [6.45, 7) is 6.52. The summed E-state index contributed by atoms with van der Waals surface area (Å²) in [5, 5.41) is 17.6. The van der Waals surface area contributed by atoms with Crippen LogP contribution >= 0.6 is 12.2 Å². The van der Waals surface area contributed by atoms with E-state index in [0.29, 0.717) is 11.7 Å². The number of anilines is 1. The number of hydrogen-bond acceptors (Lipinski definition) is 4. The lowest BCUT2D eigenvalue weighted by Crippen LogP contribution is -2.32. The number of nitrogens with one attached hydrogen (secondary N) is 2. The minimum Gasteiger partial charge on any atom is -0.506 e. The lowest BCUT2D eigenvalue weighted by Gasteiger charge is -2.28. The van der Waals surface area contributed by atoms with Crippen LogP contribution in [-0.4, -0.2) is 37.1 Å². The number of pyridine rings is 1. The number of thiocarbonyl (C=S) groups is 1. The van der Waals surface area contributed by atoms with E-state index in [2.05, 4.69) is 31.2 Å². The van der Waals surface area contributed by atoms with Crippen LogP contribution in [0.3, 0.4) is 0 Å². The Morgan fingerprint density at radius 1 is 1.05 bits per heavy atom. The largest absolute Gasteiger partial charge is 0.506 e. The van der Waals surface area contributed by atoms with E-state index in [0.717, 1.165) is 39.6 Å². The third kappa shape index (κ3) is 4.99. The number of benzene rings is 2. The van der Waals surface area contributed by atoms with Crippen LogP contribution in [0.5, 0.6) is 5.75 Å². The van der Waals surface area contributed by atoms with Gasteiger partial charge in [-0.15, -0.1) is 0 Å². The van der Waals surface area contributed by atoms with E-state index in [1.165, 1.54) is 0 Å². The number of phenolic OH excluding ortho intramolecular Hbond substituents is 1. The molecule has 1 fully saturated rings. The lowest BCUT2D eigenvalue weighted by atomic mass is 9.96. The topological polar surface area (TPSA) is 82.4 Å². The van der Waals surface area contributed by atoms with Crippen LogP contribution in [-0.2, 0) is 4.79 Å². The summed E-state index contributed by atoms with van der Waals surface area (Å²) in [6.07, 6.45) is 2.06. The van der Waals surface area contributed by atoms with E-state index in [-0.39, 0.29) is 30.2 Å². The van der Waals surface area contributed by atoms with Crippen molar-refractivity contribution < 1.29 is 9.90 Å². The molecule has 7 nitrogen and oxygen atoms in total. The van der Waals surface area contributed by atoms with E-state index in [9.17, 15) is 9.90 Å². The van der Waals surface area contributed by atoms with Crippen molar-refractivity contribution in [2.75, 3.05) is 11.9 Å². The molecule has 0 aliphatic carbocycles. The average Bonchev–Trinajstić information content (AvgIpc) is 3.38. The molecule has 1 amide bonds. The number of carbonyl (C=O) groups excluding carboxylic acids is 1. The molecule has 38 heavy (non-hydrogen) atoms. The summed E-state index contributed by atoms with van der Waals surface area (Å²) in [4.78, 5) is 19.6. The summed E-state index contributed by atoms with van der Waals surface area (Å²) in [7, 11) is 0. The number of aromatic nitrogens is 2. The van der Waals surface area contributed by atoms with Gasteiger partial charge in [-0.1, -0.05) is 30.3 Å². The predicted molar refractivity (Wildman–Crippen MR) is 153 cm³/mol. The highest BCUT2D eigenvalue weighted by Crippen LogP contribution is 2.42. The quantitative estimate of drug-likeness (QED) is 0.276. The van der Waals surface area contributed by atoms with Crippen LogP contribution in [0.25, 0.3) is 5.69 Å². The maximum atomic E-state index is 12.9. The molecule has 3 heterocycles. The predicted octanol–water partition coefficient (Wildman–Crippen LogP) is 5.50. The van der Waals surface area contributed by atoms with Gasteiger partial charge in [0, 0.05) is 36.2 Å². The summed E-state index contributed by atoms with van der Waals surface area (Å²) in [5.74, 6) is 0.144. The SMILES string of the molecule is Cc1cccc(NC(=O)CCN2C(=S)N[C@H](c3ccccn3)[C@H]2c2cc(C)n(-c3ccccc3O)c2C)c1. The molecule has 5 rings (SSSR count). The Morgan fingerprint density at radius 2 is 1.84 bits per heavy atom. The molecule has 194 valence electrons. The number of para-hydroxylation sites is 2. The molecule has 4 aromatic rings. The number of carbonyl (C=O) groups is 1. The van der Waals surface area contributed by atoms with Gasteiger partial charge in [-0.2, -0.15) is 0 Å². The minimum absolute atomic E-state index is 0.0712. The summed E-state index contributed by atoms with van der Waals surface area (Å²) >= 11 is 5.80. The third-order valence-electron chi connectivity index (χ3n) is 6.99. The minimum atomic E-state index is -0.193. The Bertz CT molecular complexity index is 1480. The number of phenols is 1. The monoisotopic (exact) mass is 525 g/mol. The Labute approximate surface area is 228 Å². The second kappa shape index (κ2) is 10.7. The first-order valence-electron chi connectivity index (χ1n) is 12.7. The van der Waals surface area contributed by atoms with Gasteiger partial charge in [-0.05, 0) is 86.6 Å². The van der Waals surface area contributed by atoms with Crippen LogP contribution in [0, 0.1) is 20.8 Å². The lowest BCUT2D eigenvalue weighted by molar-refractivity contribution is -0.116. The van der Waals surface area contributed by atoms with Crippen molar-refractivity contribution in [3.05, 3.63) is 107 Å². The fraction of sp³-hybridized carbons (Fsp3) is 0.233. The van der Waals surface area contributed by atoms with Crippen LogP contribution in [0.2, 0.25) is 0 Å². The fourth-order valence-electron chi connectivity index (χ4n) is 5.26. The molecule has 0 radical (unpaired) electrons. The Morgan fingerprint density at radius 3 is 2.58 bits per heavy atom. The molecule has 0 saturated carbocycles. The molecule has 1 saturated heterocycles. The molecule has 0 unspecified atom stereocenters. The maximum Gasteiger partial charge on any atom is 0.226 e. The van der Waals surface area contributed by atoms with Crippen molar-refractivity contribution in [3.8, 4) is 11.4 Å². The zero-order valence-electron chi connectivity index (χ0n) is 21.7. The average molecular weight is 526 g/mol. The van der Waals surface area contributed by atoms with E-state index < -0.39 is 0 Å². The van der Waals surface area contributed by atoms with Crippen molar-refractivity contribution in [1.82, 2.24) is 19.8 Å². The number of nitrogens with zero attached hydrogens (tertiary/aromatic N) is 3. The van der Waals surface area contributed by atoms with Gasteiger partial charge in [0.15, 0.2) is 5.11 Å². The first-order valence-corrected chi connectivity index (χ1v) is 13.1. The first kappa shape index (κ1) is 25.5. The first-order chi connectivity index (χ1) is 18.3. The normalized spacial score (nSPS) is 16.9. The summed E-state index contributed by atoms with van der Waals surface area (Å²) < 4.78 is 2.06. The molecule has 1 aliphatic heterocycles. The second-order valence-corrected chi connectivity index (χ2v) is 10.0. The Balaban J connectivity index is 1.48. The zero-order valence-corrected chi connectivity index (χ0v) is 22.5. The van der Waals surface area contributed by atoms with Crippen molar-refractivity contribution in [3.63, 3.8) is 0 Å². The molecule has 0 bridgehead atoms. The molecule has 2 aromatic carbocycles. The highest BCUT2D eigenvalue weighted by molar-refractivity contribution is 7.80. The Kier molecular flexibility index (Phi) is 7.15. The number of aromatic hydroxyl groups is 1. The summed E-state index contributed by atoms with van der Waals surface area (Å²) in [5.41, 5.74) is 6.52. The molecule has 2 aromatic heterocycles. The van der Waals surface area contributed by atoms with Gasteiger partial charge in [0.25, 0.3) is 0 Å². The standard InChI is InChI=1S/C30H31N5O2S/c1-19-9-8-10-22(17-19)32-27(37)14-16-34-29(28(33-30(34)38)24-11-6-7-15-31-24)23-18-20(2)35(21(23)3)25-12-4-5-13-26(25)36/h4-13,15,17-18,28-29,36H,14,16H2,1-3H3,(H,32,37)(H,33,38)/t28-,29-/m1/s1. The molecule has 2 atom stereocenters. The van der Waals surface area contributed by atoms with E-state index in [4.69, 9.17) is 12.2 Å². The van der Waals surface area contributed by atoms with Crippen LogP contribution in [0.1, 0.15) is 46.7 Å². The van der Waals surface area contributed by atoms with E-state index >= 15 is 0 Å². The van der Waals surface area contributed by atoms with Crippen molar-refractivity contribution in [1.29, 1.82) is 0 Å². The number of aryl methyl sites for hydroxylation is 2.